The summed E-state index contributed by atoms with van der Waals surface area (Å²) in [5.74, 6) is -2.19. The minimum atomic E-state index is -4.92. The Balaban J connectivity index is 5.01. The lowest BCUT2D eigenvalue weighted by molar-refractivity contribution is -0.161. The Labute approximate surface area is 422 Å². The summed E-state index contributed by atoms with van der Waals surface area (Å²) in [5.41, 5.74) is 0. The summed E-state index contributed by atoms with van der Waals surface area (Å²) in [6, 6.07) is 0. The molecule has 0 radical (unpaired) electrons. The van der Waals surface area contributed by atoms with Crippen LogP contribution in [0.4, 0.5) is 0 Å². The molecule has 0 heterocycles. The highest BCUT2D eigenvalue weighted by Gasteiger charge is 2.30. The Morgan fingerprint density at radius 3 is 0.857 bits per heavy atom. The molecule has 0 spiro atoms. The second kappa shape index (κ2) is 46.8. The van der Waals surface area contributed by atoms with Crippen molar-refractivity contribution in [1.29, 1.82) is 0 Å². The fraction of sp³-hybridized carbons (Fsp3) is 0.922. The third kappa shape index (κ3) is 45.9. The lowest BCUT2D eigenvalue weighted by Gasteiger charge is -2.21. The first-order chi connectivity index (χ1) is 33.7. The Hall–Kier alpha value is -1.94. The zero-order chi connectivity index (χ0) is 52.0. The molecule has 2 unspecified atom stereocenters. The normalized spacial score (nSPS) is 14.6. The lowest BCUT2D eigenvalue weighted by Crippen LogP contribution is -2.30. The fourth-order valence-corrected chi connectivity index (χ4v) is 8.91. The van der Waals surface area contributed by atoms with E-state index in [2.05, 4.69) is 27.7 Å². The second-order valence-corrected chi connectivity index (χ2v) is 21.5. The number of carbonyl (C=O) groups excluding carboxylic acids is 4. The number of aliphatic hydroxyl groups is 1. The molecule has 414 valence electrons. The van der Waals surface area contributed by atoms with E-state index in [0.717, 1.165) is 103 Å². The molecule has 0 aromatic heterocycles. The molecule has 0 amide bonds. The quantitative estimate of drug-likeness (QED) is 0.0222. The summed E-state index contributed by atoms with van der Waals surface area (Å²) in [6.07, 6.45) is 27.8. The number of ether oxygens (including phenoxy) is 4. The number of unbranched alkanes of at least 4 members (excludes halogenated alkanes) is 26. The van der Waals surface area contributed by atoms with Gasteiger partial charge in [-0.2, -0.15) is 0 Å². The van der Waals surface area contributed by atoms with Crippen molar-refractivity contribution in [2.75, 3.05) is 39.6 Å². The fourth-order valence-electron chi connectivity index (χ4n) is 7.34. The van der Waals surface area contributed by atoms with E-state index in [1.807, 2.05) is 0 Å². The minimum Gasteiger partial charge on any atom is -0.462 e. The van der Waals surface area contributed by atoms with Crippen molar-refractivity contribution in [2.24, 2.45) is 0 Å². The molecule has 0 aromatic carbocycles. The molecule has 0 fully saturated rings. The van der Waals surface area contributed by atoms with Crippen LogP contribution in [0.1, 0.15) is 246 Å². The molecule has 19 heteroatoms. The van der Waals surface area contributed by atoms with Gasteiger partial charge < -0.3 is 33.8 Å². The van der Waals surface area contributed by atoms with E-state index >= 15 is 0 Å². The molecule has 0 bridgehead atoms. The number of phosphoric ester groups is 2. The van der Waals surface area contributed by atoms with Crippen LogP contribution in [0.5, 0.6) is 0 Å². The van der Waals surface area contributed by atoms with Gasteiger partial charge in [-0.3, -0.25) is 37.3 Å². The first-order valence-electron chi connectivity index (χ1n) is 27.3. The Kier molecular flexibility index (Phi) is 45.5. The summed E-state index contributed by atoms with van der Waals surface area (Å²) in [5, 5.41) is 10.4. The molecular formula is C51H98O17P2. The lowest BCUT2D eigenvalue weighted by atomic mass is 10.0. The highest BCUT2D eigenvalue weighted by Crippen LogP contribution is 2.45. The molecule has 0 rings (SSSR count). The number of rotatable bonds is 52. The van der Waals surface area contributed by atoms with Gasteiger partial charge in [-0.25, -0.2) is 9.13 Å². The SMILES string of the molecule is CCCCCCCCCCCCCCCCCC(=O)O[C@H](COC(=O)CCCCCC)COP(=O)(O)OC[C@@H](O)COP(=O)(O)OC[C@@H](COC(=O)CCCCCCC)OC(=O)CCCCCCCC. The molecular weight excluding hydrogens is 946 g/mol. The molecule has 17 nitrogen and oxygen atoms in total. The van der Waals surface area contributed by atoms with Crippen molar-refractivity contribution in [3.63, 3.8) is 0 Å². The first-order valence-corrected chi connectivity index (χ1v) is 30.3. The van der Waals surface area contributed by atoms with Crippen molar-refractivity contribution in [2.45, 2.75) is 264 Å². The van der Waals surface area contributed by atoms with E-state index in [1.54, 1.807) is 0 Å². The number of phosphoric acid groups is 2. The van der Waals surface area contributed by atoms with Crippen LogP contribution in [0.25, 0.3) is 0 Å². The average Bonchev–Trinajstić information content (AvgIpc) is 3.33. The van der Waals surface area contributed by atoms with Crippen molar-refractivity contribution < 1.29 is 80.2 Å². The van der Waals surface area contributed by atoms with Crippen LogP contribution in [-0.2, 0) is 65.4 Å². The van der Waals surface area contributed by atoms with Crippen molar-refractivity contribution >= 4 is 39.5 Å². The topological polar surface area (TPSA) is 237 Å². The van der Waals surface area contributed by atoms with Crippen molar-refractivity contribution in [1.82, 2.24) is 0 Å². The molecule has 0 aliphatic carbocycles. The summed E-state index contributed by atoms with van der Waals surface area (Å²) in [7, 11) is -9.83. The molecule has 0 aromatic rings. The Morgan fingerprint density at radius 1 is 0.343 bits per heavy atom. The summed E-state index contributed by atoms with van der Waals surface area (Å²) in [4.78, 5) is 70.8. The smallest absolute Gasteiger partial charge is 0.462 e. The van der Waals surface area contributed by atoms with Crippen molar-refractivity contribution in [3.8, 4) is 0 Å². The standard InChI is InChI=1S/C51H98O17P2/c1-5-9-13-17-19-20-21-22-23-24-25-26-27-30-34-38-51(56)68-46(41-61-48(53)35-31-16-12-8-4)43-65-69(57,58)63-39-45(52)40-64-70(59,60)66-44-47(42-62-49(54)36-32-28-15-11-7-3)67-50(55)37-33-29-18-14-10-6-2/h45-47,52H,5-44H2,1-4H3,(H,57,58)(H,59,60)/t45-,46-,47-/m1/s1. The second-order valence-electron chi connectivity index (χ2n) is 18.6. The van der Waals surface area contributed by atoms with Gasteiger partial charge in [0.25, 0.3) is 0 Å². The molecule has 70 heavy (non-hydrogen) atoms. The van der Waals surface area contributed by atoms with E-state index in [9.17, 15) is 43.2 Å². The van der Waals surface area contributed by atoms with Gasteiger partial charge in [-0.05, 0) is 25.7 Å². The Bertz CT molecular complexity index is 1390. The third-order valence-electron chi connectivity index (χ3n) is 11.6. The molecule has 0 saturated carbocycles. The van der Waals surface area contributed by atoms with Crippen LogP contribution < -0.4 is 0 Å². The maximum atomic E-state index is 12.8. The minimum absolute atomic E-state index is 0.101. The van der Waals surface area contributed by atoms with Gasteiger partial charge in [-0.1, -0.05) is 195 Å². The zero-order valence-electron chi connectivity index (χ0n) is 44.0. The Morgan fingerprint density at radius 2 is 0.571 bits per heavy atom. The molecule has 3 N–H and O–H groups in total. The molecule has 0 aliphatic rings. The number of hydrogen-bond donors (Lipinski definition) is 3. The predicted molar refractivity (Wildman–Crippen MR) is 271 cm³/mol. The van der Waals surface area contributed by atoms with Gasteiger partial charge in [-0.15, -0.1) is 0 Å². The van der Waals surface area contributed by atoms with Crippen LogP contribution in [0, 0.1) is 0 Å². The average molecular weight is 1050 g/mol. The summed E-state index contributed by atoms with van der Waals surface area (Å²) in [6.45, 7) is 4.52. The van der Waals surface area contributed by atoms with Crippen LogP contribution >= 0.6 is 15.6 Å². The molecule has 0 aliphatic heterocycles. The van der Waals surface area contributed by atoms with Gasteiger partial charge in [0, 0.05) is 25.7 Å². The third-order valence-corrected chi connectivity index (χ3v) is 13.5. The van der Waals surface area contributed by atoms with E-state index in [-0.39, 0.29) is 25.7 Å². The summed E-state index contributed by atoms with van der Waals surface area (Å²) >= 11 is 0. The van der Waals surface area contributed by atoms with Crippen molar-refractivity contribution in [3.05, 3.63) is 0 Å². The summed E-state index contributed by atoms with van der Waals surface area (Å²) < 4.78 is 66.8. The van der Waals surface area contributed by atoms with E-state index in [1.165, 1.54) is 64.2 Å². The predicted octanol–water partition coefficient (Wildman–Crippen LogP) is 12.9. The van der Waals surface area contributed by atoms with Crippen LogP contribution in [-0.4, -0.2) is 96.7 Å². The molecule has 5 atom stereocenters. The van der Waals surface area contributed by atoms with Gasteiger partial charge in [0.15, 0.2) is 12.2 Å². The van der Waals surface area contributed by atoms with Crippen LogP contribution in [0.3, 0.4) is 0 Å². The number of carbonyl (C=O) groups is 4. The van der Waals surface area contributed by atoms with E-state index in [4.69, 9.17) is 37.0 Å². The van der Waals surface area contributed by atoms with E-state index < -0.39 is 97.5 Å². The van der Waals surface area contributed by atoms with E-state index in [0.29, 0.717) is 25.7 Å². The number of aliphatic hydroxyl groups excluding tert-OH is 1. The largest absolute Gasteiger partial charge is 0.472 e. The van der Waals surface area contributed by atoms with Gasteiger partial charge >= 0.3 is 39.5 Å². The van der Waals surface area contributed by atoms with Crippen LogP contribution in [0.2, 0.25) is 0 Å². The highest BCUT2D eigenvalue weighted by molar-refractivity contribution is 7.47. The maximum Gasteiger partial charge on any atom is 0.472 e. The maximum absolute atomic E-state index is 12.8. The number of esters is 4. The number of hydrogen-bond acceptors (Lipinski definition) is 15. The highest BCUT2D eigenvalue weighted by atomic mass is 31.2. The monoisotopic (exact) mass is 1040 g/mol. The van der Waals surface area contributed by atoms with Gasteiger partial charge in [0.05, 0.1) is 26.4 Å². The van der Waals surface area contributed by atoms with Crippen LogP contribution in [0.15, 0.2) is 0 Å². The van der Waals surface area contributed by atoms with Gasteiger partial charge in [0.1, 0.15) is 19.3 Å². The molecule has 0 saturated heterocycles. The van der Waals surface area contributed by atoms with Gasteiger partial charge in [0.2, 0.25) is 0 Å². The zero-order valence-corrected chi connectivity index (χ0v) is 45.8. The first kappa shape index (κ1) is 68.1.